The summed E-state index contributed by atoms with van der Waals surface area (Å²) in [6, 6.07) is 8.71. The van der Waals surface area contributed by atoms with Crippen LogP contribution in [0.4, 0.5) is 13.2 Å². The van der Waals surface area contributed by atoms with Crippen molar-refractivity contribution in [3.63, 3.8) is 0 Å². The molecule has 1 aromatic rings. The van der Waals surface area contributed by atoms with Gasteiger partial charge in [0.25, 0.3) is 0 Å². The van der Waals surface area contributed by atoms with Crippen LogP contribution in [0.25, 0.3) is 0 Å². The summed E-state index contributed by atoms with van der Waals surface area (Å²) in [6.45, 7) is 2.27. The van der Waals surface area contributed by atoms with Gasteiger partial charge in [0.05, 0.1) is 0 Å². The highest BCUT2D eigenvalue weighted by atomic mass is 35.6. The van der Waals surface area contributed by atoms with Crippen molar-refractivity contribution in [2.75, 3.05) is 0 Å². The minimum absolute atomic E-state index is 0.146. The first-order valence-electron chi connectivity index (χ1n) is 10.3. The molecule has 0 amide bonds. The van der Waals surface area contributed by atoms with Crippen molar-refractivity contribution in [3.05, 3.63) is 29.8 Å². The fraction of sp³-hybridized carbons (Fsp3) is 0.714. The lowest BCUT2D eigenvalue weighted by atomic mass is 9.86. The Bertz CT molecular complexity index is 588. The molecule has 1 saturated heterocycles. The number of hydrogen-bond acceptors (Lipinski definition) is 1. The topological polar surface area (TPSA) is 9.23 Å². The third-order valence-corrected chi connectivity index (χ3v) is 13.0. The van der Waals surface area contributed by atoms with Gasteiger partial charge in [-0.2, -0.15) is 11.1 Å². The Hall–Kier alpha value is -0.683. The molecule has 2 fully saturated rings. The van der Waals surface area contributed by atoms with Crippen LogP contribution in [0.2, 0.25) is 17.6 Å². The fourth-order valence-electron chi connectivity index (χ4n) is 5.16. The van der Waals surface area contributed by atoms with E-state index in [1.54, 1.807) is 12.1 Å². The number of alkyl halides is 3. The average molecular weight is 419 g/mol. The molecule has 0 radical (unpaired) electrons. The Morgan fingerprint density at radius 2 is 1.59 bits per heavy atom. The number of hydrogen-bond donors (Lipinski definition) is 0. The van der Waals surface area contributed by atoms with Crippen LogP contribution in [-0.2, 0) is 0 Å². The molecular weight excluding hydrogens is 389 g/mol. The smallest absolute Gasteiger partial charge is 0.406 e. The molecule has 1 nitrogen and oxygen atoms in total. The summed E-state index contributed by atoms with van der Waals surface area (Å²) in [5.41, 5.74) is 1.87. The van der Waals surface area contributed by atoms with Gasteiger partial charge in [-0.25, -0.2) is 0 Å². The summed E-state index contributed by atoms with van der Waals surface area (Å²) in [5.74, 6) is 1.18. The lowest BCUT2D eigenvalue weighted by molar-refractivity contribution is -0.274. The molecule has 0 atom stereocenters. The van der Waals surface area contributed by atoms with E-state index < -0.39 is 13.7 Å². The van der Waals surface area contributed by atoms with E-state index in [0.29, 0.717) is 5.92 Å². The van der Waals surface area contributed by atoms with Crippen molar-refractivity contribution < 1.29 is 17.9 Å². The summed E-state index contributed by atoms with van der Waals surface area (Å²) < 4.78 is 40.8. The van der Waals surface area contributed by atoms with E-state index >= 15 is 0 Å². The predicted molar refractivity (Wildman–Crippen MR) is 107 cm³/mol. The van der Waals surface area contributed by atoms with Gasteiger partial charge in [0, 0.05) is 0 Å². The number of ether oxygens (including phenoxy) is 1. The Morgan fingerprint density at radius 3 is 2.11 bits per heavy atom. The van der Waals surface area contributed by atoms with Gasteiger partial charge in [-0.15, -0.1) is 13.2 Å². The molecule has 0 bridgehead atoms. The van der Waals surface area contributed by atoms with Gasteiger partial charge >= 0.3 is 6.36 Å². The first-order valence-corrected chi connectivity index (χ1v) is 13.8. The number of benzene rings is 1. The van der Waals surface area contributed by atoms with E-state index in [1.165, 1.54) is 50.7 Å². The molecule has 1 aromatic carbocycles. The summed E-state index contributed by atoms with van der Waals surface area (Å²) >= 11 is 7.22. The van der Waals surface area contributed by atoms with E-state index in [9.17, 15) is 13.2 Å². The molecule has 0 N–H and O–H groups in total. The highest BCUT2D eigenvalue weighted by Gasteiger charge is 2.44. The maximum absolute atomic E-state index is 12.3. The normalized spacial score (nSPS) is 32.3. The predicted octanol–water partition coefficient (Wildman–Crippen LogP) is 8.01. The third kappa shape index (κ3) is 5.66. The van der Waals surface area contributed by atoms with Gasteiger partial charge < -0.3 is 4.74 Å². The maximum atomic E-state index is 12.3. The zero-order valence-corrected chi connectivity index (χ0v) is 17.8. The van der Waals surface area contributed by atoms with Crippen molar-refractivity contribution in [2.24, 2.45) is 5.92 Å². The van der Waals surface area contributed by atoms with E-state index in [1.807, 2.05) is 0 Å². The average Bonchev–Trinajstić information content (AvgIpc) is 2.63. The number of rotatable bonds is 5. The van der Waals surface area contributed by atoms with Gasteiger partial charge in [-0.05, 0) is 60.0 Å². The highest BCUT2D eigenvalue weighted by Crippen LogP contribution is 2.51. The summed E-state index contributed by atoms with van der Waals surface area (Å²) in [6.07, 6.45) is 5.49. The molecular formula is C21H30ClF3OSi. The largest absolute Gasteiger partial charge is 0.573 e. The van der Waals surface area contributed by atoms with Crippen LogP contribution in [0, 0.1) is 5.92 Å². The zero-order valence-electron chi connectivity index (χ0n) is 16.0. The van der Waals surface area contributed by atoms with Gasteiger partial charge in [0.15, 0.2) is 7.38 Å². The van der Waals surface area contributed by atoms with E-state index in [2.05, 4.69) is 11.7 Å². The molecule has 1 saturated carbocycles. The van der Waals surface area contributed by atoms with Crippen LogP contribution in [0.1, 0.15) is 69.8 Å². The van der Waals surface area contributed by atoms with E-state index in [-0.39, 0.29) is 5.75 Å². The van der Waals surface area contributed by atoms with Gasteiger partial charge in [0.2, 0.25) is 0 Å². The van der Waals surface area contributed by atoms with Crippen molar-refractivity contribution in [1.29, 1.82) is 0 Å². The summed E-state index contributed by atoms with van der Waals surface area (Å²) in [4.78, 5) is 0. The van der Waals surface area contributed by atoms with Crippen molar-refractivity contribution >= 4 is 18.5 Å². The van der Waals surface area contributed by atoms with Gasteiger partial charge in [-0.1, -0.05) is 57.6 Å². The fourth-order valence-corrected chi connectivity index (χ4v) is 10.6. The van der Waals surface area contributed by atoms with Crippen molar-refractivity contribution in [1.82, 2.24) is 0 Å². The Kier molecular flexibility index (Phi) is 6.83. The summed E-state index contributed by atoms with van der Waals surface area (Å²) in [5, 5.41) is 0. The molecule has 0 spiro atoms. The lowest BCUT2D eigenvalue weighted by Crippen LogP contribution is -2.39. The highest BCUT2D eigenvalue weighted by molar-refractivity contribution is 7.21. The molecule has 2 aliphatic rings. The van der Waals surface area contributed by atoms with E-state index in [0.717, 1.165) is 42.0 Å². The molecule has 0 aromatic heterocycles. The van der Waals surface area contributed by atoms with Gasteiger partial charge in [0.1, 0.15) is 5.75 Å². The molecule has 0 unspecified atom stereocenters. The monoisotopic (exact) mass is 418 g/mol. The second kappa shape index (κ2) is 8.77. The van der Waals surface area contributed by atoms with Crippen molar-refractivity contribution in [3.8, 4) is 5.75 Å². The van der Waals surface area contributed by atoms with Crippen LogP contribution >= 0.6 is 11.1 Å². The summed E-state index contributed by atoms with van der Waals surface area (Å²) in [7, 11) is -1.71. The standard InChI is InChI=1S/C21H30ClF3OSi/c1-2-3-16-4-10-20(11-5-16)27(22)14-12-18(13-15-27)17-6-8-19(9-7-17)26-21(23,24)25/h6-9,16,18,20H,2-5,10-15H2,1H3. The van der Waals surface area contributed by atoms with E-state index in [4.69, 9.17) is 11.1 Å². The first-order chi connectivity index (χ1) is 12.8. The Labute approximate surface area is 166 Å². The van der Waals surface area contributed by atoms with Crippen molar-refractivity contribution in [2.45, 2.75) is 88.2 Å². The quantitative estimate of drug-likeness (QED) is 0.347. The molecule has 1 heterocycles. The van der Waals surface area contributed by atoms with Crippen LogP contribution in [0.5, 0.6) is 5.75 Å². The number of halogens is 4. The Morgan fingerprint density at radius 1 is 1.00 bits per heavy atom. The van der Waals surface area contributed by atoms with Crippen LogP contribution in [0.3, 0.4) is 0 Å². The molecule has 152 valence electrons. The SMILES string of the molecule is CCCC1CCC([Si]2(Cl)CCC(c3ccc(OC(F)(F)F)cc3)CC2)CC1. The molecule has 27 heavy (non-hydrogen) atoms. The lowest BCUT2D eigenvalue weighted by Gasteiger charge is -2.42. The zero-order chi connectivity index (χ0) is 19.5. The van der Waals surface area contributed by atoms with Crippen LogP contribution < -0.4 is 4.74 Å². The Balaban J connectivity index is 1.52. The second-order valence-corrected chi connectivity index (χ2v) is 14.6. The minimum Gasteiger partial charge on any atom is -0.406 e. The second-order valence-electron chi connectivity index (χ2n) is 8.43. The third-order valence-electron chi connectivity index (χ3n) is 6.68. The van der Waals surface area contributed by atoms with Gasteiger partial charge in [-0.3, -0.25) is 0 Å². The first kappa shape index (κ1) is 21.0. The molecule has 3 rings (SSSR count). The minimum atomic E-state index is -4.63. The maximum Gasteiger partial charge on any atom is 0.573 e. The molecule has 1 aliphatic carbocycles. The van der Waals surface area contributed by atoms with Crippen LogP contribution in [0.15, 0.2) is 24.3 Å². The van der Waals surface area contributed by atoms with Crippen LogP contribution in [-0.4, -0.2) is 13.7 Å². The molecule has 6 heteroatoms. The molecule has 1 aliphatic heterocycles.